The van der Waals surface area contributed by atoms with Crippen LogP contribution in [0.2, 0.25) is 0 Å². The van der Waals surface area contributed by atoms with Crippen molar-refractivity contribution in [2.24, 2.45) is 11.8 Å². The van der Waals surface area contributed by atoms with E-state index >= 15 is 0 Å². The molecule has 3 rings (SSSR count). The number of hydrogen-bond donors (Lipinski definition) is 1. The van der Waals surface area contributed by atoms with Crippen molar-refractivity contribution in [3.05, 3.63) is 10.6 Å². The third-order valence-corrected chi connectivity index (χ3v) is 5.51. The van der Waals surface area contributed by atoms with Crippen LogP contribution in [0.3, 0.4) is 0 Å². The molecule has 1 N–H and O–H groups in total. The molecule has 18 heavy (non-hydrogen) atoms. The minimum atomic E-state index is 0.140. The molecule has 1 saturated carbocycles. The zero-order valence-electron chi connectivity index (χ0n) is 11.1. The lowest BCUT2D eigenvalue weighted by Gasteiger charge is -2.41. The maximum atomic E-state index is 9.37. The molecular formula is C14H22N2OS. The van der Waals surface area contributed by atoms with Crippen LogP contribution in [0.25, 0.3) is 0 Å². The number of hydrogen-bond acceptors (Lipinski definition) is 4. The van der Waals surface area contributed by atoms with E-state index in [4.69, 9.17) is 4.98 Å². The smallest absolute Gasteiger partial charge is 0.185 e. The molecule has 0 aromatic carbocycles. The average molecular weight is 266 g/mol. The number of anilines is 1. The zero-order chi connectivity index (χ0) is 12.5. The maximum absolute atomic E-state index is 9.37. The third kappa shape index (κ3) is 2.28. The third-order valence-electron chi connectivity index (χ3n) is 4.36. The first-order valence-electron chi connectivity index (χ1n) is 7.14. The standard InChI is InChI=1S/C14H22N2OS/c1-2-12-13(9-17)18-14(15-12)16-7-10-4-3-5-11(6-10)8-16/h10-11,17H,2-9H2,1H3. The first-order chi connectivity index (χ1) is 8.80. The second-order valence-corrected chi connectivity index (χ2v) is 6.74. The highest BCUT2D eigenvalue weighted by atomic mass is 32.1. The normalized spacial score (nSPS) is 27.6. The van der Waals surface area contributed by atoms with E-state index in [0.29, 0.717) is 0 Å². The minimum Gasteiger partial charge on any atom is -0.391 e. The van der Waals surface area contributed by atoms with Gasteiger partial charge < -0.3 is 10.0 Å². The molecule has 2 heterocycles. The van der Waals surface area contributed by atoms with E-state index in [-0.39, 0.29) is 6.61 Å². The highest BCUT2D eigenvalue weighted by Crippen LogP contribution is 2.38. The zero-order valence-corrected chi connectivity index (χ0v) is 11.9. The molecule has 4 heteroatoms. The highest BCUT2D eigenvalue weighted by Gasteiger charge is 2.31. The molecule has 0 amide bonds. The SMILES string of the molecule is CCc1nc(N2CC3CCCC(C3)C2)sc1CO. The topological polar surface area (TPSA) is 36.4 Å². The summed E-state index contributed by atoms with van der Waals surface area (Å²) in [4.78, 5) is 8.27. The van der Waals surface area contributed by atoms with Crippen LogP contribution in [0.1, 0.15) is 43.2 Å². The summed E-state index contributed by atoms with van der Waals surface area (Å²) in [6, 6.07) is 0. The lowest BCUT2D eigenvalue weighted by molar-refractivity contribution is 0.231. The summed E-state index contributed by atoms with van der Waals surface area (Å²) in [5.74, 6) is 1.76. The van der Waals surface area contributed by atoms with Gasteiger partial charge in [0.25, 0.3) is 0 Å². The number of aliphatic hydroxyl groups excluding tert-OH is 1. The summed E-state index contributed by atoms with van der Waals surface area (Å²) < 4.78 is 0. The second-order valence-electron chi connectivity index (χ2n) is 5.68. The molecule has 2 bridgehead atoms. The summed E-state index contributed by atoms with van der Waals surface area (Å²) in [6.45, 7) is 4.61. The van der Waals surface area contributed by atoms with Crippen molar-refractivity contribution in [1.29, 1.82) is 0 Å². The van der Waals surface area contributed by atoms with Gasteiger partial charge in [0.15, 0.2) is 5.13 Å². The summed E-state index contributed by atoms with van der Waals surface area (Å²) in [5.41, 5.74) is 1.09. The summed E-state index contributed by atoms with van der Waals surface area (Å²) in [5, 5.41) is 10.5. The Labute approximate surface area is 113 Å². The molecule has 0 spiro atoms. The molecule has 1 saturated heterocycles. The number of thiazole rings is 1. The molecule has 0 radical (unpaired) electrons. The van der Waals surface area contributed by atoms with E-state index < -0.39 is 0 Å². The van der Waals surface area contributed by atoms with E-state index in [2.05, 4.69) is 11.8 Å². The number of aryl methyl sites for hydroxylation is 1. The number of aliphatic hydroxyl groups is 1. The van der Waals surface area contributed by atoms with E-state index in [9.17, 15) is 5.11 Å². The predicted molar refractivity (Wildman–Crippen MR) is 75.1 cm³/mol. The van der Waals surface area contributed by atoms with E-state index in [1.165, 1.54) is 38.8 Å². The largest absolute Gasteiger partial charge is 0.391 e. The van der Waals surface area contributed by atoms with Gasteiger partial charge in [-0.25, -0.2) is 4.98 Å². The predicted octanol–water partition coefficient (Wildman–Crippen LogP) is 2.82. The van der Waals surface area contributed by atoms with Crippen LogP contribution in [-0.2, 0) is 13.0 Å². The van der Waals surface area contributed by atoms with Crippen molar-refractivity contribution in [2.75, 3.05) is 18.0 Å². The van der Waals surface area contributed by atoms with Crippen molar-refractivity contribution >= 4 is 16.5 Å². The van der Waals surface area contributed by atoms with Gasteiger partial charge in [0.2, 0.25) is 0 Å². The summed E-state index contributed by atoms with van der Waals surface area (Å²) in [6.07, 6.45) is 6.56. The number of nitrogens with zero attached hydrogens (tertiary/aromatic N) is 2. The maximum Gasteiger partial charge on any atom is 0.185 e. The monoisotopic (exact) mass is 266 g/mol. The van der Waals surface area contributed by atoms with Crippen LogP contribution < -0.4 is 4.90 Å². The Bertz CT molecular complexity index is 384. The molecule has 2 atom stereocenters. The van der Waals surface area contributed by atoms with Gasteiger partial charge in [-0.15, -0.1) is 0 Å². The van der Waals surface area contributed by atoms with Crippen LogP contribution in [0.4, 0.5) is 5.13 Å². The van der Waals surface area contributed by atoms with Crippen molar-refractivity contribution in [2.45, 2.75) is 45.6 Å². The number of fused-ring (bicyclic) bond motifs is 2. The number of aromatic nitrogens is 1. The van der Waals surface area contributed by atoms with Gasteiger partial charge in [0, 0.05) is 13.1 Å². The molecule has 100 valence electrons. The Balaban J connectivity index is 1.79. The molecule has 1 aromatic rings. The van der Waals surface area contributed by atoms with Gasteiger partial charge in [-0.3, -0.25) is 0 Å². The van der Waals surface area contributed by atoms with Crippen molar-refractivity contribution in [1.82, 2.24) is 4.98 Å². The fourth-order valence-corrected chi connectivity index (χ4v) is 4.52. The van der Waals surface area contributed by atoms with Gasteiger partial charge >= 0.3 is 0 Å². The lowest BCUT2D eigenvalue weighted by Crippen LogP contribution is -2.42. The first kappa shape index (κ1) is 12.4. The van der Waals surface area contributed by atoms with Crippen LogP contribution >= 0.6 is 11.3 Å². The fraction of sp³-hybridized carbons (Fsp3) is 0.786. The van der Waals surface area contributed by atoms with Gasteiger partial charge in [0.05, 0.1) is 17.2 Å². The summed E-state index contributed by atoms with van der Waals surface area (Å²) >= 11 is 1.69. The Morgan fingerprint density at radius 2 is 2.06 bits per heavy atom. The molecule has 2 unspecified atom stereocenters. The highest BCUT2D eigenvalue weighted by molar-refractivity contribution is 7.15. The van der Waals surface area contributed by atoms with Crippen LogP contribution in [0.5, 0.6) is 0 Å². The number of rotatable bonds is 3. The van der Waals surface area contributed by atoms with Crippen molar-refractivity contribution in [3.8, 4) is 0 Å². The molecule has 2 aliphatic rings. The van der Waals surface area contributed by atoms with Crippen molar-refractivity contribution in [3.63, 3.8) is 0 Å². The average Bonchev–Trinajstić information content (AvgIpc) is 2.81. The van der Waals surface area contributed by atoms with Gasteiger partial charge in [-0.1, -0.05) is 24.7 Å². The molecule has 1 aromatic heterocycles. The second kappa shape index (κ2) is 5.17. The fourth-order valence-electron chi connectivity index (χ4n) is 3.49. The first-order valence-corrected chi connectivity index (χ1v) is 7.96. The van der Waals surface area contributed by atoms with Gasteiger partial charge in [-0.2, -0.15) is 0 Å². The van der Waals surface area contributed by atoms with Gasteiger partial charge in [0.1, 0.15) is 0 Å². The van der Waals surface area contributed by atoms with Crippen LogP contribution in [-0.4, -0.2) is 23.2 Å². The molecular weight excluding hydrogens is 244 g/mol. The molecule has 1 aliphatic carbocycles. The lowest BCUT2D eigenvalue weighted by atomic mass is 9.78. The van der Waals surface area contributed by atoms with E-state index in [1.807, 2.05) is 0 Å². The summed E-state index contributed by atoms with van der Waals surface area (Å²) in [7, 11) is 0. The van der Waals surface area contributed by atoms with Gasteiger partial charge in [-0.05, 0) is 37.5 Å². The Hall–Kier alpha value is -0.610. The molecule has 1 aliphatic heterocycles. The quantitative estimate of drug-likeness (QED) is 0.914. The van der Waals surface area contributed by atoms with Crippen molar-refractivity contribution < 1.29 is 5.11 Å². The number of piperidine rings is 1. The van der Waals surface area contributed by atoms with E-state index in [0.717, 1.165) is 34.0 Å². The molecule has 2 fully saturated rings. The Kier molecular flexibility index (Phi) is 3.57. The minimum absolute atomic E-state index is 0.140. The molecule has 3 nitrogen and oxygen atoms in total. The Morgan fingerprint density at radius 1 is 1.33 bits per heavy atom. The van der Waals surface area contributed by atoms with E-state index in [1.54, 1.807) is 11.3 Å². The van der Waals surface area contributed by atoms with Crippen LogP contribution in [0, 0.1) is 11.8 Å². The van der Waals surface area contributed by atoms with Crippen LogP contribution in [0.15, 0.2) is 0 Å². The Morgan fingerprint density at radius 3 is 2.61 bits per heavy atom.